The van der Waals surface area contributed by atoms with Crippen LogP contribution in [0.5, 0.6) is 0 Å². The lowest BCUT2D eigenvalue weighted by Crippen LogP contribution is -2.33. The first kappa shape index (κ1) is 15.1. The molecule has 1 rings (SSSR count). The summed E-state index contributed by atoms with van der Waals surface area (Å²) in [6.45, 7) is 1.61. The van der Waals surface area contributed by atoms with E-state index in [2.05, 4.69) is 20.7 Å². The van der Waals surface area contributed by atoms with Gasteiger partial charge in [-0.1, -0.05) is 22.0 Å². The third-order valence-electron chi connectivity index (χ3n) is 2.14. The molecule has 1 aromatic carbocycles. The SMILES string of the molecule is C[C@@H](CC#N)NS(=O)(=O)Cc1ccc(F)cc1Br. The average molecular weight is 335 g/mol. The first-order valence-corrected chi connectivity index (χ1v) is 7.59. The van der Waals surface area contributed by atoms with E-state index in [0.29, 0.717) is 10.0 Å². The van der Waals surface area contributed by atoms with Crippen LogP contribution >= 0.6 is 15.9 Å². The highest BCUT2D eigenvalue weighted by Gasteiger charge is 2.16. The second-order valence-electron chi connectivity index (χ2n) is 3.88. The van der Waals surface area contributed by atoms with Gasteiger partial charge in [0.25, 0.3) is 0 Å². The highest BCUT2D eigenvalue weighted by atomic mass is 79.9. The Bertz CT molecular complexity index is 569. The van der Waals surface area contributed by atoms with Gasteiger partial charge < -0.3 is 0 Å². The number of hydrogen-bond acceptors (Lipinski definition) is 3. The maximum atomic E-state index is 12.9. The van der Waals surface area contributed by atoms with E-state index in [-0.39, 0.29) is 12.2 Å². The topological polar surface area (TPSA) is 70.0 Å². The molecule has 0 spiro atoms. The number of nitrogens with one attached hydrogen (secondary N) is 1. The largest absolute Gasteiger partial charge is 0.216 e. The molecule has 0 heterocycles. The third-order valence-corrected chi connectivity index (χ3v) is 4.33. The fraction of sp³-hybridized carbons (Fsp3) is 0.364. The molecule has 1 N–H and O–H groups in total. The molecule has 0 aliphatic heterocycles. The lowest BCUT2D eigenvalue weighted by molar-refractivity contribution is 0.562. The van der Waals surface area contributed by atoms with E-state index in [4.69, 9.17) is 5.26 Å². The van der Waals surface area contributed by atoms with Crippen LogP contribution in [0.1, 0.15) is 18.9 Å². The molecule has 0 amide bonds. The highest BCUT2D eigenvalue weighted by Crippen LogP contribution is 2.20. The highest BCUT2D eigenvalue weighted by molar-refractivity contribution is 9.10. The molecule has 0 saturated heterocycles. The predicted molar refractivity (Wildman–Crippen MR) is 69.6 cm³/mol. The van der Waals surface area contributed by atoms with Gasteiger partial charge in [-0.3, -0.25) is 0 Å². The Balaban J connectivity index is 2.80. The van der Waals surface area contributed by atoms with Gasteiger partial charge in [0.1, 0.15) is 5.82 Å². The number of rotatable bonds is 5. The van der Waals surface area contributed by atoms with Crippen LogP contribution in [0, 0.1) is 17.1 Å². The minimum absolute atomic E-state index is 0.101. The Morgan fingerprint density at radius 3 is 2.78 bits per heavy atom. The molecule has 0 aliphatic carbocycles. The summed E-state index contributed by atoms with van der Waals surface area (Å²) in [6, 6.07) is 5.27. The summed E-state index contributed by atoms with van der Waals surface area (Å²) in [5.41, 5.74) is 0.466. The van der Waals surface area contributed by atoms with E-state index in [9.17, 15) is 12.8 Å². The van der Waals surface area contributed by atoms with Gasteiger partial charge in [-0.05, 0) is 24.6 Å². The molecule has 7 heteroatoms. The van der Waals surface area contributed by atoms with E-state index in [1.54, 1.807) is 6.92 Å². The van der Waals surface area contributed by atoms with Gasteiger partial charge >= 0.3 is 0 Å². The lowest BCUT2D eigenvalue weighted by atomic mass is 10.2. The molecule has 0 unspecified atom stereocenters. The number of benzene rings is 1. The number of nitrogens with zero attached hydrogens (tertiary/aromatic N) is 1. The van der Waals surface area contributed by atoms with Gasteiger partial charge in [0.15, 0.2) is 0 Å². The molecule has 1 atom stereocenters. The van der Waals surface area contributed by atoms with E-state index in [1.165, 1.54) is 18.2 Å². The molecule has 0 aliphatic rings. The van der Waals surface area contributed by atoms with Gasteiger partial charge in [0.05, 0.1) is 18.2 Å². The molecule has 1 aromatic rings. The first-order chi connectivity index (χ1) is 8.34. The van der Waals surface area contributed by atoms with Crippen LogP contribution in [0.3, 0.4) is 0 Å². The molecular weight excluding hydrogens is 323 g/mol. The molecular formula is C11H12BrFN2O2S. The Morgan fingerprint density at radius 2 is 2.22 bits per heavy atom. The molecule has 18 heavy (non-hydrogen) atoms. The maximum absolute atomic E-state index is 12.9. The zero-order valence-electron chi connectivity index (χ0n) is 9.65. The molecule has 0 aromatic heterocycles. The van der Waals surface area contributed by atoms with Crippen LogP contribution in [0.15, 0.2) is 22.7 Å². The summed E-state index contributed by atoms with van der Waals surface area (Å²) >= 11 is 3.11. The van der Waals surface area contributed by atoms with E-state index < -0.39 is 21.9 Å². The second kappa shape index (κ2) is 6.27. The Hall–Kier alpha value is -0.970. The van der Waals surface area contributed by atoms with Gasteiger partial charge in [-0.2, -0.15) is 5.26 Å². The molecule has 4 nitrogen and oxygen atoms in total. The van der Waals surface area contributed by atoms with Crippen LogP contribution in [0.25, 0.3) is 0 Å². The van der Waals surface area contributed by atoms with Crippen molar-refractivity contribution in [3.8, 4) is 6.07 Å². The smallest absolute Gasteiger partial charge is 0.212 e. The van der Waals surface area contributed by atoms with E-state index >= 15 is 0 Å². The number of halogens is 2. The molecule has 0 fully saturated rings. The van der Waals surface area contributed by atoms with Crippen LogP contribution in [-0.2, 0) is 15.8 Å². The second-order valence-corrected chi connectivity index (χ2v) is 6.48. The van der Waals surface area contributed by atoms with E-state index in [1.807, 2.05) is 6.07 Å². The Labute approximate surface area is 114 Å². The monoisotopic (exact) mass is 334 g/mol. The number of hydrogen-bond donors (Lipinski definition) is 1. The summed E-state index contributed by atoms with van der Waals surface area (Å²) in [5, 5.41) is 8.46. The predicted octanol–water partition coefficient (Wildman–Crippen LogP) is 2.31. The standard InChI is InChI=1S/C11H12BrFN2O2S/c1-8(4-5-14)15-18(16,17)7-9-2-3-10(13)6-11(9)12/h2-3,6,8,15H,4,7H2,1H3/t8-/m0/s1. The van der Waals surface area contributed by atoms with Crippen molar-refractivity contribution in [3.05, 3.63) is 34.1 Å². The van der Waals surface area contributed by atoms with E-state index in [0.717, 1.165) is 0 Å². The van der Waals surface area contributed by atoms with Crippen molar-refractivity contribution in [2.24, 2.45) is 0 Å². The maximum Gasteiger partial charge on any atom is 0.216 e. The van der Waals surface area contributed by atoms with Crippen molar-refractivity contribution >= 4 is 26.0 Å². The fourth-order valence-corrected chi connectivity index (χ4v) is 3.49. The summed E-state index contributed by atoms with van der Waals surface area (Å²) in [6.07, 6.45) is 0.101. The van der Waals surface area contributed by atoms with Crippen molar-refractivity contribution in [1.29, 1.82) is 5.26 Å². The lowest BCUT2D eigenvalue weighted by Gasteiger charge is -2.11. The minimum atomic E-state index is -3.54. The Kier molecular flexibility index (Phi) is 5.26. The summed E-state index contributed by atoms with van der Waals surface area (Å²) in [5.74, 6) is -0.697. The van der Waals surface area contributed by atoms with Crippen LogP contribution in [0.2, 0.25) is 0 Å². The fourth-order valence-electron chi connectivity index (χ4n) is 1.37. The summed E-state index contributed by atoms with van der Waals surface area (Å²) in [4.78, 5) is 0. The summed E-state index contributed by atoms with van der Waals surface area (Å²) < 4.78 is 39.2. The quantitative estimate of drug-likeness (QED) is 0.898. The third kappa shape index (κ3) is 4.72. The van der Waals surface area contributed by atoms with Crippen LogP contribution in [0.4, 0.5) is 4.39 Å². The van der Waals surface area contributed by atoms with Crippen molar-refractivity contribution in [2.45, 2.75) is 25.1 Å². The number of sulfonamides is 1. The summed E-state index contributed by atoms with van der Waals surface area (Å²) in [7, 11) is -3.54. The zero-order chi connectivity index (χ0) is 13.8. The zero-order valence-corrected chi connectivity index (χ0v) is 12.1. The molecule has 0 bridgehead atoms. The molecule has 98 valence electrons. The normalized spacial score (nSPS) is 13.0. The minimum Gasteiger partial charge on any atom is -0.212 e. The van der Waals surface area contributed by atoms with Crippen LogP contribution in [-0.4, -0.2) is 14.5 Å². The van der Waals surface area contributed by atoms with Gasteiger partial charge in [0.2, 0.25) is 10.0 Å². The van der Waals surface area contributed by atoms with Gasteiger partial charge in [0, 0.05) is 10.5 Å². The van der Waals surface area contributed by atoms with Gasteiger partial charge in [-0.25, -0.2) is 17.5 Å². The first-order valence-electron chi connectivity index (χ1n) is 5.15. The van der Waals surface area contributed by atoms with Crippen molar-refractivity contribution < 1.29 is 12.8 Å². The van der Waals surface area contributed by atoms with Crippen molar-refractivity contribution in [1.82, 2.24) is 4.72 Å². The van der Waals surface area contributed by atoms with Crippen LogP contribution < -0.4 is 4.72 Å². The molecule has 0 radical (unpaired) electrons. The average Bonchev–Trinajstić information content (AvgIpc) is 2.21. The number of nitriles is 1. The van der Waals surface area contributed by atoms with Crippen molar-refractivity contribution in [3.63, 3.8) is 0 Å². The Morgan fingerprint density at radius 1 is 1.56 bits per heavy atom. The molecule has 0 saturated carbocycles. The van der Waals surface area contributed by atoms with Gasteiger partial charge in [-0.15, -0.1) is 0 Å². The van der Waals surface area contributed by atoms with Crippen molar-refractivity contribution in [2.75, 3.05) is 0 Å².